The van der Waals surface area contributed by atoms with Gasteiger partial charge in [0.2, 0.25) is 10.0 Å². The number of sulfonamides is 1. The molecule has 0 unspecified atom stereocenters. The molecule has 4 rings (SSSR count). The van der Waals surface area contributed by atoms with E-state index in [1.165, 1.54) is 11.1 Å². The first-order valence-corrected chi connectivity index (χ1v) is 9.50. The maximum Gasteiger partial charge on any atom is 0.214 e. The molecule has 5 heteroatoms. The van der Waals surface area contributed by atoms with Crippen molar-refractivity contribution in [1.82, 2.24) is 10.0 Å². The lowest BCUT2D eigenvalue weighted by Gasteiger charge is -2.39. The molecule has 0 aromatic heterocycles. The van der Waals surface area contributed by atoms with Crippen molar-refractivity contribution in [1.29, 1.82) is 0 Å². The Kier molecular flexibility index (Phi) is 3.32. The van der Waals surface area contributed by atoms with Crippen LogP contribution in [-0.2, 0) is 22.9 Å². The van der Waals surface area contributed by atoms with Gasteiger partial charge in [-0.2, -0.15) is 0 Å². The topological polar surface area (TPSA) is 58.2 Å². The van der Waals surface area contributed by atoms with Gasteiger partial charge in [-0.3, -0.25) is 0 Å². The highest BCUT2D eigenvalue weighted by Crippen LogP contribution is 2.31. The molecule has 0 heterocycles. The molecule has 0 aliphatic heterocycles. The SMILES string of the molecule is O=S(=O)(N[C@H]1CC[C@H]1NC1Cc2ccccc2C1)C1CC1. The Bertz CT molecular complexity index is 614. The fourth-order valence-electron chi connectivity index (χ4n) is 3.51. The summed E-state index contributed by atoms with van der Waals surface area (Å²) in [6.07, 6.45) is 5.83. The Morgan fingerprint density at radius 1 is 0.905 bits per heavy atom. The van der Waals surface area contributed by atoms with E-state index >= 15 is 0 Å². The van der Waals surface area contributed by atoms with Crippen LogP contribution < -0.4 is 10.0 Å². The molecule has 3 aliphatic carbocycles. The molecule has 1 aromatic rings. The zero-order chi connectivity index (χ0) is 14.4. The number of nitrogens with one attached hydrogen (secondary N) is 2. The molecule has 2 saturated carbocycles. The molecular weight excluding hydrogens is 284 g/mol. The van der Waals surface area contributed by atoms with Gasteiger partial charge >= 0.3 is 0 Å². The quantitative estimate of drug-likeness (QED) is 0.863. The standard InChI is InChI=1S/C16H22N2O2S/c19-21(20,14-5-6-14)18-16-8-7-15(16)17-13-9-11-3-1-2-4-12(11)10-13/h1-4,13-18H,5-10H2/t15-,16+/m1/s1. The highest BCUT2D eigenvalue weighted by molar-refractivity contribution is 7.90. The molecule has 0 spiro atoms. The van der Waals surface area contributed by atoms with Gasteiger partial charge in [0.05, 0.1) is 5.25 Å². The van der Waals surface area contributed by atoms with E-state index in [1.807, 2.05) is 0 Å². The van der Waals surface area contributed by atoms with Gasteiger partial charge in [0.25, 0.3) is 0 Å². The smallest absolute Gasteiger partial charge is 0.214 e. The Labute approximate surface area is 126 Å². The molecular formula is C16H22N2O2S. The highest BCUT2D eigenvalue weighted by Gasteiger charge is 2.41. The summed E-state index contributed by atoms with van der Waals surface area (Å²) in [5, 5.41) is 3.55. The summed E-state index contributed by atoms with van der Waals surface area (Å²) in [7, 11) is -3.06. The summed E-state index contributed by atoms with van der Waals surface area (Å²) in [6.45, 7) is 0. The van der Waals surface area contributed by atoms with Gasteiger partial charge in [0, 0.05) is 18.1 Å². The molecule has 4 nitrogen and oxygen atoms in total. The van der Waals surface area contributed by atoms with Crippen LogP contribution in [-0.4, -0.2) is 31.8 Å². The summed E-state index contributed by atoms with van der Waals surface area (Å²) < 4.78 is 26.9. The number of hydrogen-bond acceptors (Lipinski definition) is 3. The van der Waals surface area contributed by atoms with Crippen LogP contribution in [0.15, 0.2) is 24.3 Å². The molecule has 1 aromatic carbocycles. The summed E-state index contributed by atoms with van der Waals surface area (Å²) in [5.74, 6) is 0. The van der Waals surface area contributed by atoms with E-state index < -0.39 is 10.0 Å². The maximum absolute atomic E-state index is 12.0. The highest BCUT2D eigenvalue weighted by atomic mass is 32.2. The van der Waals surface area contributed by atoms with Crippen molar-refractivity contribution in [2.45, 2.75) is 61.9 Å². The number of rotatable bonds is 5. The largest absolute Gasteiger partial charge is 0.309 e. The normalized spacial score (nSPS) is 29.1. The minimum Gasteiger partial charge on any atom is -0.309 e. The van der Waals surface area contributed by atoms with Crippen molar-refractivity contribution < 1.29 is 8.42 Å². The first kappa shape index (κ1) is 13.7. The zero-order valence-corrected chi connectivity index (χ0v) is 12.9. The Hall–Kier alpha value is -0.910. The second kappa shape index (κ2) is 5.07. The first-order valence-electron chi connectivity index (χ1n) is 7.96. The van der Waals surface area contributed by atoms with Gasteiger partial charge in [0.1, 0.15) is 0 Å². The molecule has 3 aliphatic rings. The van der Waals surface area contributed by atoms with E-state index in [9.17, 15) is 8.42 Å². The molecule has 2 fully saturated rings. The lowest BCUT2D eigenvalue weighted by Crippen LogP contribution is -2.59. The summed E-state index contributed by atoms with van der Waals surface area (Å²) in [6, 6.07) is 9.45. The fraction of sp³-hybridized carbons (Fsp3) is 0.625. The molecule has 21 heavy (non-hydrogen) atoms. The van der Waals surface area contributed by atoms with E-state index in [1.54, 1.807) is 0 Å². The molecule has 114 valence electrons. The van der Waals surface area contributed by atoms with Crippen molar-refractivity contribution >= 4 is 10.0 Å². The lowest BCUT2D eigenvalue weighted by atomic mass is 9.86. The average Bonchev–Trinajstić information content (AvgIpc) is 3.22. The molecule has 2 N–H and O–H groups in total. The lowest BCUT2D eigenvalue weighted by molar-refractivity contribution is 0.244. The van der Waals surface area contributed by atoms with Crippen molar-refractivity contribution in [2.24, 2.45) is 0 Å². The second-order valence-corrected chi connectivity index (χ2v) is 8.69. The van der Waals surface area contributed by atoms with Gasteiger partial charge < -0.3 is 5.32 Å². The van der Waals surface area contributed by atoms with Crippen LogP contribution in [0.25, 0.3) is 0 Å². The van der Waals surface area contributed by atoms with E-state index in [0.29, 0.717) is 12.1 Å². The third-order valence-electron chi connectivity index (χ3n) is 5.05. The number of fused-ring (bicyclic) bond motifs is 1. The van der Waals surface area contributed by atoms with Crippen LogP contribution in [0.1, 0.15) is 36.8 Å². The predicted octanol–water partition coefficient (Wildman–Crippen LogP) is 1.36. The van der Waals surface area contributed by atoms with Crippen LogP contribution in [0.3, 0.4) is 0 Å². The molecule has 0 bridgehead atoms. The van der Waals surface area contributed by atoms with Crippen LogP contribution >= 0.6 is 0 Å². The van der Waals surface area contributed by atoms with Gasteiger partial charge in [-0.15, -0.1) is 0 Å². The fourth-order valence-corrected chi connectivity index (χ4v) is 5.16. The predicted molar refractivity (Wildman–Crippen MR) is 82.7 cm³/mol. The van der Waals surface area contributed by atoms with Crippen LogP contribution in [0.2, 0.25) is 0 Å². The van der Waals surface area contributed by atoms with Gasteiger partial charge in [-0.1, -0.05) is 24.3 Å². The Morgan fingerprint density at radius 3 is 2.05 bits per heavy atom. The molecule has 0 saturated heterocycles. The van der Waals surface area contributed by atoms with E-state index in [4.69, 9.17) is 0 Å². The van der Waals surface area contributed by atoms with Crippen molar-refractivity contribution in [2.75, 3.05) is 0 Å². The van der Waals surface area contributed by atoms with Gasteiger partial charge in [-0.25, -0.2) is 13.1 Å². The van der Waals surface area contributed by atoms with Gasteiger partial charge in [0.15, 0.2) is 0 Å². The molecule has 2 atom stereocenters. The van der Waals surface area contributed by atoms with Crippen LogP contribution in [0, 0.1) is 0 Å². The van der Waals surface area contributed by atoms with Crippen LogP contribution in [0.5, 0.6) is 0 Å². The van der Waals surface area contributed by atoms with E-state index in [2.05, 4.69) is 34.3 Å². The first-order chi connectivity index (χ1) is 10.1. The van der Waals surface area contributed by atoms with Crippen LogP contribution in [0.4, 0.5) is 0 Å². The Morgan fingerprint density at radius 2 is 1.52 bits per heavy atom. The minimum absolute atomic E-state index is 0.0966. The average molecular weight is 306 g/mol. The summed E-state index contributed by atoms with van der Waals surface area (Å²) in [4.78, 5) is 0. The summed E-state index contributed by atoms with van der Waals surface area (Å²) >= 11 is 0. The van der Waals surface area contributed by atoms with Crippen molar-refractivity contribution in [3.63, 3.8) is 0 Å². The minimum atomic E-state index is -3.06. The zero-order valence-electron chi connectivity index (χ0n) is 12.1. The van der Waals surface area contributed by atoms with E-state index in [0.717, 1.165) is 38.5 Å². The van der Waals surface area contributed by atoms with Crippen molar-refractivity contribution in [3.8, 4) is 0 Å². The monoisotopic (exact) mass is 306 g/mol. The molecule has 0 amide bonds. The molecule has 0 radical (unpaired) electrons. The second-order valence-electron chi connectivity index (χ2n) is 6.69. The number of benzene rings is 1. The Balaban J connectivity index is 1.34. The third-order valence-corrected chi connectivity index (χ3v) is 7.03. The van der Waals surface area contributed by atoms with Crippen molar-refractivity contribution in [3.05, 3.63) is 35.4 Å². The van der Waals surface area contributed by atoms with E-state index in [-0.39, 0.29) is 11.3 Å². The summed E-state index contributed by atoms with van der Waals surface area (Å²) in [5.41, 5.74) is 2.87. The third kappa shape index (κ3) is 2.74. The maximum atomic E-state index is 12.0. The number of hydrogen-bond donors (Lipinski definition) is 2. The van der Waals surface area contributed by atoms with Gasteiger partial charge in [-0.05, 0) is 49.7 Å².